The molecule has 1 aromatic heterocycles. The summed E-state index contributed by atoms with van der Waals surface area (Å²) in [6.45, 7) is 1.56. The molecule has 2 aromatic carbocycles. The predicted molar refractivity (Wildman–Crippen MR) is 96.6 cm³/mol. The normalized spacial score (nSPS) is 17.6. The van der Waals surface area contributed by atoms with E-state index in [4.69, 9.17) is 4.74 Å². The maximum Gasteiger partial charge on any atom is 0.260 e. The van der Waals surface area contributed by atoms with Crippen LogP contribution in [0.3, 0.4) is 0 Å². The second kappa shape index (κ2) is 6.97. The lowest BCUT2D eigenvalue weighted by molar-refractivity contribution is -0.134. The second-order valence-corrected chi connectivity index (χ2v) is 6.45. The molecule has 1 aliphatic heterocycles. The molecule has 128 valence electrons. The largest absolute Gasteiger partial charge is 0.484 e. The number of ether oxygens (including phenoxy) is 1. The molecule has 1 N–H and O–H groups in total. The predicted octanol–water partition coefficient (Wildman–Crippen LogP) is 3.35. The second-order valence-electron chi connectivity index (χ2n) is 6.45. The van der Waals surface area contributed by atoms with Crippen LogP contribution in [-0.2, 0) is 4.79 Å². The number of carbonyl (C=O) groups excluding carboxylic acids is 1. The number of aromatic amines is 1. The third-order valence-electron chi connectivity index (χ3n) is 4.76. The number of hydrogen-bond acceptors (Lipinski definition) is 3. The van der Waals surface area contributed by atoms with Crippen molar-refractivity contribution in [1.29, 1.82) is 0 Å². The molecule has 0 radical (unpaired) electrons. The first kappa shape index (κ1) is 15.7. The molecule has 1 aliphatic rings. The van der Waals surface area contributed by atoms with Crippen molar-refractivity contribution in [2.24, 2.45) is 0 Å². The number of H-pyrrole nitrogens is 1. The molecule has 2 heterocycles. The van der Waals surface area contributed by atoms with Crippen LogP contribution in [0, 0.1) is 0 Å². The van der Waals surface area contributed by atoms with Crippen molar-refractivity contribution in [1.82, 2.24) is 14.9 Å². The highest BCUT2D eigenvalue weighted by atomic mass is 16.5. The van der Waals surface area contributed by atoms with Crippen molar-refractivity contribution in [3.8, 4) is 5.75 Å². The molecule has 5 nitrogen and oxygen atoms in total. The first-order valence-corrected chi connectivity index (χ1v) is 8.68. The Hall–Kier alpha value is -2.82. The van der Waals surface area contributed by atoms with Crippen molar-refractivity contribution in [2.45, 2.75) is 18.8 Å². The summed E-state index contributed by atoms with van der Waals surface area (Å²) >= 11 is 0. The maximum atomic E-state index is 12.5. The summed E-state index contributed by atoms with van der Waals surface area (Å²) in [5, 5.41) is 2.28. The van der Waals surface area contributed by atoms with Crippen molar-refractivity contribution < 1.29 is 9.53 Å². The Morgan fingerprint density at radius 1 is 1.24 bits per heavy atom. The van der Waals surface area contributed by atoms with E-state index >= 15 is 0 Å². The molecule has 1 saturated heterocycles. The van der Waals surface area contributed by atoms with Crippen LogP contribution in [0.5, 0.6) is 5.75 Å². The van der Waals surface area contributed by atoms with Crippen LogP contribution in [0.15, 0.2) is 54.9 Å². The van der Waals surface area contributed by atoms with E-state index in [9.17, 15) is 4.79 Å². The average molecular weight is 335 g/mol. The van der Waals surface area contributed by atoms with Gasteiger partial charge in [0.15, 0.2) is 6.61 Å². The number of aromatic nitrogens is 2. The van der Waals surface area contributed by atoms with Crippen molar-refractivity contribution in [3.63, 3.8) is 0 Å². The van der Waals surface area contributed by atoms with Gasteiger partial charge in [-0.15, -0.1) is 0 Å². The lowest BCUT2D eigenvalue weighted by Crippen LogP contribution is -2.41. The van der Waals surface area contributed by atoms with E-state index < -0.39 is 0 Å². The van der Waals surface area contributed by atoms with Gasteiger partial charge < -0.3 is 14.6 Å². The molecule has 3 aromatic rings. The minimum absolute atomic E-state index is 0.0319. The fourth-order valence-electron chi connectivity index (χ4n) is 3.42. The average Bonchev–Trinajstić information content (AvgIpc) is 3.21. The van der Waals surface area contributed by atoms with Crippen LogP contribution in [0.25, 0.3) is 10.8 Å². The molecule has 0 bridgehead atoms. The highest BCUT2D eigenvalue weighted by Gasteiger charge is 2.26. The molecule has 1 atom stereocenters. The molecule has 1 amide bonds. The molecule has 0 spiro atoms. The molecule has 25 heavy (non-hydrogen) atoms. The number of rotatable bonds is 4. The summed E-state index contributed by atoms with van der Waals surface area (Å²) in [4.78, 5) is 21.9. The fourth-order valence-corrected chi connectivity index (χ4v) is 3.42. The molecule has 0 saturated carbocycles. The van der Waals surface area contributed by atoms with Crippen LogP contribution < -0.4 is 4.74 Å². The SMILES string of the molecule is O=C(COc1ccc2ccccc2c1)N1CCC[C@H](c2ncc[nH]2)C1. The van der Waals surface area contributed by atoms with Gasteiger partial charge in [-0.05, 0) is 35.7 Å². The smallest absolute Gasteiger partial charge is 0.260 e. The number of fused-ring (bicyclic) bond motifs is 1. The Labute approximate surface area is 146 Å². The van der Waals surface area contributed by atoms with Crippen LogP contribution in [0.2, 0.25) is 0 Å². The molecule has 5 heteroatoms. The van der Waals surface area contributed by atoms with E-state index in [1.54, 1.807) is 6.20 Å². The molecule has 1 fully saturated rings. The Kier molecular flexibility index (Phi) is 4.37. The zero-order valence-corrected chi connectivity index (χ0v) is 14.0. The minimum Gasteiger partial charge on any atom is -0.484 e. The Balaban J connectivity index is 1.37. The lowest BCUT2D eigenvalue weighted by Gasteiger charge is -2.31. The van der Waals surface area contributed by atoms with Gasteiger partial charge >= 0.3 is 0 Å². The van der Waals surface area contributed by atoms with Crippen molar-refractivity contribution in [3.05, 3.63) is 60.7 Å². The number of benzene rings is 2. The number of piperidine rings is 1. The van der Waals surface area contributed by atoms with E-state index in [0.717, 1.165) is 36.3 Å². The molecular formula is C20H21N3O2. The number of hydrogen-bond donors (Lipinski definition) is 1. The van der Waals surface area contributed by atoms with Gasteiger partial charge in [0.1, 0.15) is 11.6 Å². The zero-order valence-electron chi connectivity index (χ0n) is 14.0. The number of carbonyl (C=O) groups is 1. The standard InChI is InChI=1S/C20H21N3O2/c24-19(23-11-3-6-17(13-23)20-21-9-10-22-20)14-25-18-8-7-15-4-1-2-5-16(15)12-18/h1-2,4-5,7-10,12,17H,3,6,11,13-14H2,(H,21,22)/t17-/m0/s1. The monoisotopic (exact) mass is 335 g/mol. The summed E-state index contributed by atoms with van der Waals surface area (Å²) in [5.41, 5.74) is 0. The van der Waals surface area contributed by atoms with E-state index in [2.05, 4.69) is 16.0 Å². The van der Waals surface area contributed by atoms with Gasteiger partial charge in [-0.2, -0.15) is 0 Å². The molecule has 0 unspecified atom stereocenters. The number of nitrogens with one attached hydrogen (secondary N) is 1. The zero-order chi connectivity index (χ0) is 17.1. The number of likely N-dealkylation sites (tertiary alicyclic amines) is 1. The van der Waals surface area contributed by atoms with Crippen LogP contribution in [0.1, 0.15) is 24.6 Å². The Bertz CT molecular complexity index is 860. The summed E-state index contributed by atoms with van der Waals surface area (Å²) < 4.78 is 5.74. The minimum atomic E-state index is 0.0319. The quantitative estimate of drug-likeness (QED) is 0.795. The van der Waals surface area contributed by atoms with Gasteiger partial charge in [0.25, 0.3) is 5.91 Å². The van der Waals surface area contributed by atoms with Crippen LogP contribution in [-0.4, -0.2) is 40.5 Å². The van der Waals surface area contributed by atoms with E-state index in [0.29, 0.717) is 6.54 Å². The molecule has 0 aliphatic carbocycles. The van der Waals surface area contributed by atoms with E-state index in [1.807, 2.05) is 47.5 Å². The summed E-state index contributed by atoms with van der Waals surface area (Å²) in [6.07, 6.45) is 5.65. The fraction of sp³-hybridized carbons (Fsp3) is 0.300. The van der Waals surface area contributed by atoms with Gasteiger partial charge in [0.2, 0.25) is 0 Å². The van der Waals surface area contributed by atoms with E-state index in [1.165, 1.54) is 5.39 Å². The van der Waals surface area contributed by atoms with Gasteiger partial charge in [-0.3, -0.25) is 4.79 Å². The molecular weight excluding hydrogens is 314 g/mol. The van der Waals surface area contributed by atoms with Crippen LogP contribution in [0.4, 0.5) is 0 Å². The maximum absolute atomic E-state index is 12.5. The third-order valence-corrected chi connectivity index (χ3v) is 4.76. The number of nitrogens with zero attached hydrogens (tertiary/aromatic N) is 2. The topological polar surface area (TPSA) is 58.2 Å². The summed E-state index contributed by atoms with van der Waals surface area (Å²) in [5.74, 6) is 2.01. The first-order valence-electron chi connectivity index (χ1n) is 8.68. The highest BCUT2D eigenvalue weighted by Crippen LogP contribution is 2.25. The highest BCUT2D eigenvalue weighted by molar-refractivity contribution is 5.84. The first-order chi connectivity index (χ1) is 12.3. The van der Waals surface area contributed by atoms with E-state index in [-0.39, 0.29) is 18.4 Å². The van der Waals surface area contributed by atoms with Crippen molar-refractivity contribution >= 4 is 16.7 Å². The Morgan fingerprint density at radius 3 is 2.96 bits per heavy atom. The van der Waals surface area contributed by atoms with Gasteiger partial charge in [-0.25, -0.2) is 4.98 Å². The van der Waals surface area contributed by atoms with Crippen LogP contribution >= 0.6 is 0 Å². The van der Waals surface area contributed by atoms with Crippen molar-refractivity contribution in [2.75, 3.05) is 19.7 Å². The molecule has 4 rings (SSSR count). The third kappa shape index (κ3) is 3.50. The Morgan fingerprint density at radius 2 is 2.12 bits per heavy atom. The summed E-state index contributed by atoms with van der Waals surface area (Å²) in [6, 6.07) is 14.0. The van der Waals surface area contributed by atoms with Gasteiger partial charge in [0, 0.05) is 31.4 Å². The van der Waals surface area contributed by atoms with Gasteiger partial charge in [0.05, 0.1) is 0 Å². The number of amides is 1. The van der Waals surface area contributed by atoms with Gasteiger partial charge in [-0.1, -0.05) is 30.3 Å². The lowest BCUT2D eigenvalue weighted by atomic mass is 9.97. The summed E-state index contributed by atoms with van der Waals surface area (Å²) in [7, 11) is 0. The number of imidazole rings is 1.